The number of anilines is 1. The predicted octanol–water partition coefficient (Wildman–Crippen LogP) is 5.19. The van der Waals surface area contributed by atoms with E-state index in [9.17, 15) is 9.18 Å². The highest BCUT2D eigenvalue weighted by molar-refractivity contribution is 5.90. The molecule has 0 spiro atoms. The van der Waals surface area contributed by atoms with Gasteiger partial charge in [-0.3, -0.25) is 0 Å². The smallest absolute Gasteiger partial charge is 0.338 e. The lowest BCUT2D eigenvalue weighted by atomic mass is 10.1. The molecule has 0 aliphatic rings. The molecule has 1 N–H and O–H groups in total. The minimum atomic E-state index is -0.567. The second kappa shape index (κ2) is 10.0. The van der Waals surface area contributed by atoms with E-state index in [0.29, 0.717) is 47.4 Å². The van der Waals surface area contributed by atoms with Crippen LogP contribution in [0.2, 0.25) is 0 Å². The van der Waals surface area contributed by atoms with Gasteiger partial charge >= 0.3 is 5.97 Å². The second-order valence-corrected chi connectivity index (χ2v) is 8.77. The van der Waals surface area contributed by atoms with E-state index in [2.05, 4.69) is 25.3 Å². The molecule has 8 nitrogen and oxygen atoms in total. The zero-order valence-corrected chi connectivity index (χ0v) is 20.0. The fourth-order valence-corrected chi connectivity index (χ4v) is 3.24. The predicted molar refractivity (Wildman–Crippen MR) is 131 cm³/mol. The van der Waals surface area contributed by atoms with Crippen LogP contribution in [0.5, 0.6) is 5.88 Å². The Labute approximate surface area is 202 Å². The highest BCUT2D eigenvalue weighted by Crippen LogP contribution is 2.26. The Hall–Kier alpha value is -4.14. The van der Waals surface area contributed by atoms with Crippen LogP contribution in [-0.2, 0) is 11.3 Å². The molecule has 0 fully saturated rings. The largest absolute Gasteiger partial charge is 0.476 e. The van der Waals surface area contributed by atoms with Crippen LogP contribution in [0.25, 0.3) is 22.4 Å². The van der Waals surface area contributed by atoms with Crippen molar-refractivity contribution < 1.29 is 18.7 Å². The molecule has 0 radical (unpaired) electrons. The van der Waals surface area contributed by atoms with Gasteiger partial charge in [-0.2, -0.15) is 9.97 Å². The lowest BCUT2D eigenvalue weighted by molar-refractivity contribution is 0.00695. The fraction of sp³-hybridized carbons (Fsp3) is 0.269. The van der Waals surface area contributed by atoms with Crippen molar-refractivity contribution in [2.75, 3.05) is 11.9 Å². The Bertz CT molecular complexity index is 1340. The topological polar surface area (TPSA) is 99.1 Å². The Morgan fingerprint density at radius 1 is 1.00 bits per heavy atom. The van der Waals surface area contributed by atoms with Crippen LogP contribution in [0.1, 0.15) is 43.6 Å². The first-order valence-corrected chi connectivity index (χ1v) is 11.2. The number of carbonyl (C=O) groups excluding carboxylic acids is 1. The van der Waals surface area contributed by atoms with E-state index >= 15 is 0 Å². The average Bonchev–Trinajstić information content (AvgIpc) is 2.83. The number of hydrogen-bond acceptors (Lipinski definition) is 8. The molecule has 0 aliphatic heterocycles. The molecule has 35 heavy (non-hydrogen) atoms. The number of ether oxygens (including phenoxy) is 2. The number of halogens is 1. The van der Waals surface area contributed by atoms with Crippen molar-refractivity contribution >= 4 is 23.1 Å². The molecule has 0 unspecified atom stereocenters. The van der Waals surface area contributed by atoms with Crippen molar-refractivity contribution in [3.8, 4) is 17.1 Å². The lowest BCUT2D eigenvalue weighted by Crippen LogP contribution is -2.23. The van der Waals surface area contributed by atoms with Crippen molar-refractivity contribution in [3.05, 3.63) is 71.7 Å². The highest BCUT2D eigenvalue weighted by atomic mass is 19.1. The van der Waals surface area contributed by atoms with Gasteiger partial charge in [0, 0.05) is 12.1 Å². The molecular weight excluding hydrogens is 449 g/mol. The summed E-state index contributed by atoms with van der Waals surface area (Å²) < 4.78 is 24.3. The molecule has 2 aromatic heterocycles. The number of nitrogens with one attached hydrogen (secondary N) is 1. The maximum Gasteiger partial charge on any atom is 0.338 e. The van der Waals surface area contributed by atoms with Gasteiger partial charge in [-0.15, -0.1) is 0 Å². The van der Waals surface area contributed by atoms with Crippen LogP contribution < -0.4 is 10.1 Å². The van der Waals surface area contributed by atoms with E-state index in [1.165, 1.54) is 12.1 Å². The second-order valence-electron chi connectivity index (χ2n) is 8.77. The Morgan fingerprint density at radius 3 is 2.37 bits per heavy atom. The van der Waals surface area contributed by atoms with Gasteiger partial charge in [0.25, 0.3) is 0 Å². The van der Waals surface area contributed by atoms with Crippen LogP contribution in [0.15, 0.2) is 54.7 Å². The van der Waals surface area contributed by atoms with Crippen LogP contribution in [0.4, 0.5) is 10.3 Å². The number of nitrogens with zero attached hydrogens (tertiary/aromatic N) is 4. The minimum absolute atomic E-state index is 0.292. The zero-order valence-electron chi connectivity index (χ0n) is 20.0. The number of aromatic nitrogens is 4. The van der Waals surface area contributed by atoms with Crippen molar-refractivity contribution in [2.45, 2.75) is 39.8 Å². The lowest BCUT2D eigenvalue weighted by Gasteiger charge is -2.19. The maximum atomic E-state index is 13.1. The first-order chi connectivity index (χ1) is 16.7. The summed E-state index contributed by atoms with van der Waals surface area (Å²) in [6, 6.07) is 13.1. The van der Waals surface area contributed by atoms with Gasteiger partial charge < -0.3 is 14.8 Å². The van der Waals surface area contributed by atoms with E-state index in [1.54, 1.807) is 42.6 Å². The Balaban J connectivity index is 1.59. The van der Waals surface area contributed by atoms with Gasteiger partial charge in [0.15, 0.2) is 11.2 Å². The van der Waals surface area contributed by atoms with Gasteiger partial charge in [0.1, 0.15) is 11.4 Å². The van der Waals surface area contributed by atoms with Crippen LogP contribution >= 0.6 is 0 Å². The van der Waals surface area contributed by atoms with Crippen LogP contribution in [-0.4, -0.2) is 38.1 Å². The number of esters is 1. The molecule has 180 valence electrons. The zero-order chi connectivity index (χ0) is 25.0. The van der Waals surface area contributed by atoms with Gasteiger partial charge in [-0.05, 0) is 57.5 Å². The molecule has 2 aromatic carbocycles. The quantitative estimate of drug-likeness (QED) is 0.365. The third-order valence-electron chi connectivity index (χ3n) is 4.84. The first-order valence-electron chi connectivity index (χ1n) is 11.2. The number of hydrogen-bond donors (Lipinski definition) is 1. The van der Waals surface area contributed by atoms with E-state index in [1.807, 2.05) is 27.7 Å². The van der Waals surface area contributed by atoms with E-state index in [4.69, 9.17) is 9.47 Å². The molecule has 4 rings (SSSR count). The maximum absolute atomic E-state index is 13.1. The minimum Gasteiger partial charge on any atom is -0.476 e. The molecule has 0 amide bonds. The van der Waals surface area contributed by atoms with Gasteiger partial charge in [0.2, 0.25) is 11.8 Å². The summed E-state index contributed by atoms with van der Waals surface area (Å²) in [6.07, 6.45) is 1.61. The normalized spacial score (nSPS) is 11.3. The summed E-state index contributed by atoms with van der Waals surface area (Å²) >= 11 is 0. The summed E-state index contributed by atoms with van der Waals surface area (Å²) in [5.41, 5.74) is 2.92. The molecule has 0 bridgehead atoms. The third-order valence-corrected chi connectivity index (χ3v) is 4.84. The number of benzene rings is 2. The summed E-state index contributed by atoms with van der Waals surface area (Å²) in [5.74, 6) is -0.0471. The number of rotatable bonds is 7. The van der Waals surface area contributed by atoms with E-state index in [-0.39, 0.29) is 11.8 Å². The van der Waals surface area contributed by atoms with Crippen molar-refractivity contribution in [3.63, 3.8) is 0 Å². The Kier molecular flexibility index (Phi) is 6.86. The van der Waals surface area contributed by atoms with Crippen molar-refractivity contribution in [1.29, 1.82) is 0 Å². The Morgan fingerprint density at radius 2 is 1.71 bits per heavy atom. The molecule has 2 heterocycles. The number of carbonyl (C=O) groups is 1. The molecule has 0 atom stereocenters. The molecule has 9 heteroatoms. The van der Waals surface area contributed by atoms with E-state index in [0.717, 1.165) is 11.1 Å². The first kappa shape index (κ1) is 24.0. The van der Waals surface area contributed by atoms with Gasteiger partial charge in [0.05, 0.1) is 24.1 Å². The van der Waals surface area contributed by atoms with Crippen molar-refractivity contribution in [2.24, 2.45) is 0 Å². The van der Waals surface area contributed by atoms with Crippen LogP contribution in [0.3, 0.4) is 0 Å². The summed E-state index contributed by atoms with van der Waals surface area (Å²) in [5, 5.41) is 3.11. The molecule has 4 aromatic rings. The molecular formula is C26H26FN5O3. The van der Waals surface area contributed by atoms with E-state index < -0.39 is 5.60 Å². The summed E-state index contributed by atoms with van der Waals surface area (Å²) in [6.45, 7) is 8.13. The molecule has 0 saturated carbocycles. The highest BCUT2D eigenvalue weighted by Gasteiger charge is 2.18. The number of fused-ring (bicyclic) bond motifs is 1. The molecule has 0 saturated heterocycles. The van der Waals surface area contributed by atoms with Crippen LogP contribution in [0, 0.1) is 5.82 Å². The fourth-order valence-electron chi connectivity index (χ4n) is 3.24. The average molecular weight is 476 g/mol. The summed E-state index contributed by atoms with van der Waals surface area (Å²) in [4.78, 5) is 30.3. The monoisotopic (exact) mass is 475 g/mol. The van der Waals surface area contributed by atoms with Gasteiger partial charge in [-0.1, -0.05) is 24.3 Å². The van der Waals surface area contributed by atoms with Crippen molar-refractivity contribution in [1.82, 2.24) is 19.9 Å². The third kappa shape index (κ3) is 6.06. The summed E-state index contributed by atoms with van der Waals surface area (Å²) in [7, 11) is 0. The standard InChI is InChI=1S/C26H26FN5O3/c1-5-34-23-21-22(31-25(32-23)29-14-16-6-12-19(27)13-7-16)28-15-20(30-21)17-8-10-18(11-9-17)24(33)35-26(2,3)4/h6-13,15H,5,14H2,1-4H3,(H,28,29,31,32). The van der Waals surface area contributed by atoms with Gasteiger partial charge in [-0.25, -0.2) is 19.2 Å². The SMILES string of the molecule is CCOc1nc(NCc2ccc(F)cc2)nc2ncc(-c3ccc(C(=O)OC(C)(C)C)cc3)nc12. The molecule has 0 aliphatic carbocycles.